The Hall–Kier alpha value is -3.37. The van der Waals surface area contributed by atoms with Gasteiger partial charge in [-0.2, -0.15) is 10.4 Å². The van der Waals surface area contributed by atoms with Crippen molar-refractivity contribution in [1.82, 2.24) is 19.7 Å². The van der Waals surface area contributed by atoms with Crippen LogP contribution in [0.5, 0.6) is 0 Å². The van der Waals surface area contributed by atoms with Crippen LogP contribution in [-0.4, -0.2) is 37.7 Å². The predicted molar refractivity (Wildman–Crippen MR) is 165 cm³/mol. The summed E-state index contributed by atoms with van der Waals surface area (Å²) >= 11 is 1.32. The molecule has 4 aromatic rings. The van der Waals surface area contributed by atoms with E-state index in [1.165, 1.54) is 34.7 Å². The quantitative estimate of drug-likeness (QED) is 0.110. The summed E-state index contributed by atoms with van der Waals surface area (Å²) in [7, 11) is -4.22. The predicted octanol–water partition coefficient (Wildman–Crippen LogP) is 7.98. The molecule has 0 aliphatic carbocycles. The first kappa shape index (κ1) is 34.5. The number of aromatic nitrogens is 4. The van der Waals surface area contributed by atoms with Gasteiger partial charge in [0.25, 0.3) is 0 Å². The third-order valence-electron chi connectivity index (χ3n) is 6.45. The molecule has 2 aromatic heterocycles. The number of nitrogens with zero attached hydrogens (tertiary/aromatic N) is 5. The first-order valence-corrected chi connectivity index (χ1v) is 16.4. The number of ether oxygens (including phenoxy) is 1. The zero-order valence-corrected chi connectivity index (χ0v) is 27.9. The monoisotopic (exact) mass is 659 g/mol. The molecule has 0 amide bonds. The maximum atomic E-state index is 15.7. The standard InChI is InChI=1S/C31H36F2N5O5PS/c1-21(28-37-27(16-45-28)23-10-8-22(15-34)9-11-23)31(17-38-19-35-18-36-38,25-13-12-24(32)14-26(25)33)40-20-41-44(39,42-29(2,3)4)43-30(5,6)7/h8-14,16,18-19,21H,17,20H2,1-7H3/t21-,31?/m0/s1. The summed E-state index contributed by atoms with van der Waals surface area (Å²) in [4.78, 5) is 8.84. The van der Waals surface area contributed by atoms with Gasteiger partial charge in [0.05, 0.1) is 40.1 Å². The molecule has 0 fully saturated rings. The Morgan fingerprint density at radius 3 is 2.27 bits per heavy atom. The van der Waals surface area contributed by atoms with Crippen molar-refractivity contribution in [3.05, 3.63) is 88.3 Å². The second kappa shape index (κ2) is 13.5. The number of halogens is 2. The molecule has 2 heterocycles. The van der Waals surface area contributed by atoms with Crippen LogP contribution in [0.1, 0.15) is 70.5 Å². The van der Waals surface area contributed by atoms with Crippen LogP contribution in [0.4, 0.5) is 8.78 Å². The van der Waals surface area contributed by atoms with E-state index in [2.05, 4.69) is 16.2 Å². The lowest BCUT2D eigenvalue weighted by atomic mass is 9.81. The van der Waals surface area contributed by atoms with Crippen molar-refractivity contribution in [1.29, 1.82) is 5.26 Å². The highest BCUT2D eigenvalue weighted by atomic mass is 32.1. The lowest BCUT2D eigenvalue weighted by Gasteiger charge is -2.39. The van der Waals surface area contributed by atoms with Crippen LogP contribution < -0.4 is 0 Å². The average Bonchev–Trinajstić information content (AvgIpc) is 3.63. The van der Waals surface area contributed by atoms with E-state index in [1.807, 2.05) is 5.38 Å². The minimum atomic E-state index is -4.22. The van der Waals surface area contributed by atoms with Crippen LogP contribution in [0.3, 0.4) is 0 Å². The van der Waals surface area contributed by atoms with Crippen molar-refractivity contribution in [2.24, 2.45) is 0 Å². The summed E-state index contributed by atoms with van der Waals surface area (Å²) in [6.45, 7) is 11.2. The molecule has 1 unspecified atom stereocenters. The number of nitriles is 1. The summed E-state index contributed by atoms with van der Waals surface area (Å²) in [6.07, 6.45) is 2.76. The van der Waals surface area contributed by atoms with Crippen molar-refractivity contribution in [2.45, 2.75) is 77.7 Å². The van der Waals surface area contributed by atoms with Crippen molar-refractivity contribution in [3.63, 3.8) is 0 Å². The molecule has 240 valence electrons. The van der Waals surface area contributed by atoms with Crippen LogP contribution in [0.25, 0.3) is 11.3 Å². The molecule has 45 heavy (non-hydrogen) atoms. The smallest absolute Gasteiger partial charge is 0.341 e. The van der Waals surface area contributed by atoms with Crippen LogP contribution >= 0.6 is 19.2 Å². The summed E-state index contributed by atoms with van der Waals surface area (Å²) in [6, 6.07) is 12.2. The van der Waals surface area contributed by atoms with Gasteiger partial charge in [-0.15, -0.1) is 11.3 Å². The van der Waals surface area contributed by atoms with Crippen molar-refractivity contribution in [3.8, 4) is 17.3 Å². The molecule has 0 spiro atoms. The summed E-state index contributed by atoms with van der Waals surface area (Å²) < 4.78 is 68.8. The third-order valence-corrected chi connectivity index (χ3v) is 9.44. The Bertz CT molecular complexity index is 1660. The number of phosphoric acid groups is 1. The van der Waals surface area contributed by atoms with E-state index in [-0.39, 0.29) is 12.1 Å². The fraction of sp³-hybridized carbons (Fsp3) is 0.419. The fourth-order valence-corrected chi connectivity index (χ4v) is 7.20. The van der Waals surface area contributed by atoms with Gasteiger partial charge in [-0.05, 0) is 59.7 Å². The molecule has 2 aromatic carbocycles. The maximum absolute atomic E-state index is 15.7. The van der Waals surface area contributed by atoms with Gasteiger partial charge in [-0.25, -0.2) is 28.0 Å². The molecule has 0 saturated carbocycles. The van der Waals surface area contributed by atoms with Crippen LogP contribution in [-0.2, 0) is 35.0 Å². The molecule has 0 aliphatic heterocycles. The molecular weight excluding hydrogens is 623 g/mol. The fourth-order valence-electron chi connectivity index (χ4n) is 4.56. The SMILES string of the molecule is C[C@@H](c1nc(-c2ccc(C#N)cc2)cs1)C(Cn1cncn1)(OCOP(=O)(OC(C)(C)C)OC(C)(C)C)c1ccc(F)cc1F. The largest absolute Gasteiger partial charge is 0.477 e. The molecule has 14 heteroatoms. The highest BCUT2D eigenvalue weighted by Crippen LogP contribution is 2.56. The Kier molecular flexibility index (Phi) is 10.4. The van der Waals surface area contributed by atoms with Gasteiger partial charge >= 0.3 is 7.82 Å². The first-order valence-electron chi connectivity index (χ1n) is 14.1. The second-order valence-corrected chi connectivity index (χ2v) is 14.7. The van der Waals surface area contributed by atoms with E-state index in [4.69, 9.17) is 28.6 Å². The van der Waals surface area contributed by atoms with Crippen molar-refractivity contribution < 1.29 is 31.7 Å². The van der Waals surface area contributed by atoms with Gasteiger partial charge < -0.3 is 4.74 Å². The number of thiazole rings is 1. The van der Waals surface area contributed by atoms with E-state index < -0.39 is 49.0 Å². The Morgan fingerprint density at radius 1 is 1.04 bits per heavy atom. The van der Waals surface area contributed by atoms with E-state index in [0.717, 1.165) is 17.7 Å². The number of hydrogen-bond donors (Lipinski definition) is 0. The maximum Gasteiger partial charge on any atom is 0.477 e. The van der Waals surface area contributed by atoms with Gasteiger partial charge in [0.1, 0.15) is 29.9 Å². The topological polar surface area (TPSA) is 121 Å². The Labute approximate surface area is 265 Å². The first-order chi connectivity index (χ1) is 21.0. The number of rotatable bonds is 12. The summed E-state index contributed by atoms with van der Waals surface area (Å²) in [5.41, 5.74) is -1.53. The number of benzene rings is 2. The normalized spacial score (nSPS) is 14.6. The lowest BCUT2D eigenvalue weighted by molar-refractivity contribution is -0.148. The zero-order valence-electron chi connectivity index (χ0n) is 26.2. The number of hydrogen-bond acceptors (Lipinski definition) is 10. The van der Waals surface area contributed by atoms with E-state index in [9.17, 15) is 8.96 Å². The van der Waals surface area contributed by atoms with E-state index in [1.54, 1.807) is 72.7 Å². The molecule has 0 bridgehead atoms. The van der Waals surface area contributed by atoms with Crippen LogP contribution in [0.15, 0.2) is 60.5 Å². The molecule has 10 nitrogen and oxygen atoms in total. The Morgan fingerprint density at radius 2 is 1.71 bits per heavy atom. The van der Waals surface area contributed by atoms with E-state index >= 15 is 4.39 Å². The molecule has 0 N–H and O–H groups in total. The molecule has 0 saturated heterocycles. The highest BCUT2D eigenvalue weighted by molar-refractivity contribution is 7.48. The van der Waals surface area contributed by atoms with Gasteiger partial charge in [0, 0.05) is 28.5 Å². The molecule has 0 radical (unpaired) electrons. The molecule has 0 aliphatic rings. The van der Waals surface area contributed by atoms with Crippen molar-refractivity contribution in [2.75, 3.05) is 6.79 Å². The van der Waals surface area contributed by atoms with Gasteiger partial charge in [-0.3, -0.25) is 13.6 Å². The van der Waals surface area contributed by atoms with E-state index in [0.29, 0.717) is 16.3 Å². The van der Waals surface area contributed by atoms with Gasteiger partial charge in [-0.1, -0.05) is 25.1 Å². The third kappa shape index (κ3) is 8.88. The highest BCUT2D eigenvalue weighted by Gasteiger charge is 2.46. The summed E-state index contributed by atoms with van der Waals surface area (Å²) in [5.74, 6) is -2.34. The van der Waals surface area contributed by atoms with Crippen LogP contribution in [0.2, 0.25) is 0 Å². The van der Waals surface area contributed by atoms with Crippen molar-refractivity contribution >= 4 is 19.2 Å². The molecule has 4 rings (SSSR count). The average molecular weight is 660 g/mol. The van der Waals surface area contributed by atoms with Crippen LogP contribution in [0, 0.1) is 23.0 Å². The van der Waals surface area contributed by atoms with Gasteiger partial charge in [0.2, 0.25) is 0 Å². The Balaban J connectivity index is 1.79. The van der Waals surface area contributed by atoms with Gasteiger partial charge in [0.15, 0.2) is 6.79 Å². The number of phosphoric ester groups is 1. The minimum absolute atomic E-state index is 0.00562. The molecule has 2 atom stereocenters. The summed E-state index contributed by atoms with van der Waals surface area (Å²) in [5, 5.41) is 15.8. The second-order valence-electron chi connectivity index (χ2n) is 12.3. The minimum Gasteiger partial charge on any atom is -0.341 e. The zero-order chi connectivity index (χ0) is 33.0. The lowest BCUT2D eigenvalue weighted by Crippen LogP contribution is -2.41. The molecular formula is C31H36F2N5O5PS.